The van der Waals surface area contributed by atoms with Crippen LogP contribution in [0, 0.1) is 0 Å². The van der Waals surface area contributed by atoms with Crippen molar-refractivity contribution in [1.82, 2.24) is 0 Å². The Morgan fingerprint density at radius 3 is 1.17 bits per heavy atom. The molecule has 1 atom stereocenters. The van der Waals surface area contributed by atoms with E-state index in [1.165, 1.54) is 64.2 Å². The Morgan fingerprint density at radius 1 is 0.349 bits per heavy atom. The van der Waals surface area contributed by atoms with Crippen LogP contribution in [0.25, 0.3) is 0 Å². The van der Waals surface area contributed by atoms with E-state index < -0.39 is 6.10 Å². The molecule has 0 rings (SSSR count). The second-order valence-corrected chi connectivity index (χ2v) is 16.8. The molecule has 0 aliphatic rings. The summed E-state index contributed by atoms with van der Waals surface area (Å²) in [5.41, 5.74) is 0. The molecule has 0 saturated heterocycles. The van der Waals surface area contributed by atoms with Gasteiger partial charge < -0.3 is 14.2 Å². The number of carbonyl (C=O) groups excluding carboxylic acids is 3. The first-order valence-corrected chi connectivity index (χ1v) is 25.8. The van der Waals surface area contributed by atoms with Crippen molar-refractivity contribution >= 4 is 17.9 Å². The Labute approximate surface area is 387 Å². The van der Waals surface area contributed by atoms with Gasteiger partial charge in [-0.05, 0) is 96.3 Å². The highest BCUT2D eigenvalue weighted by molar-refractivity contribution is 5.71. The lowest BCUT2D eigenvalue weighted by Gasteiger charge is -2.18. The summed E-state index contributed by atoms with van der Waals surface area (Å²) < 4.78 is 16.7. The fourth-order valence-electron chi connectivity index (χ4n) is 6.80. The molecule has 0 aliphatic carbocycles. The van der Waals surface area contributed by atoms with Gasteiger partial charge in [0.25, 0.3) is 0 Å². The van der Waals surface area contributed by atoms with E-state index in [-0.39, 0.29) is 31.1 Å². The number of unbranched alkanes of at least 4 members (excludes halogenated alkanes) is 21. The molecule has 1 unspecified atom stereocenters. The Kier molecular flexibility index (Phi) is 48.0. The lowest BCUT2D eigenvalue weighted by molar-refractivity contribution is -0.167. The number of hydrogen-bond acceptors (Lipinski definition) is 6. The number of carbonyl (C=O) groups is 3. The van der Waals surface area contributed by atoms with Crippen LogP contribution < -0.4 is 0 Å². The summed E-state index contributed by atoms with van der Waals surface area (Å²) in [5.74, 6) is -0.966. The molecule has 0 heterocycles. The Bertz CT molecular complexity index is 1280. The maximum atomic E-state index is 12.8. The fraction of sp³-hybridized carbons (Fsp3) is 0.667. The molecule has 0 bridgehead atoms. The quantitative estimate of drug-likeness (QED) is 0.0199. The average molecular weight is 875 g/mol. The Balaban J connectivity index is 4.49. The monoisotopic (exact) mass is 875 g/mol. The number of rotatable bonds is 45. The fourth-order valence-corrected chi connectivity index (χ4v) is 6.80. The third-order valence-electron chi connectivity index (χ3n) is 10.6. The molecule has 358 valence electrons. The first-order chi connectivity index (χ1) is 31.0. The van der Waals surface area contributed by atoms with E-state index in [1.807, 2.05) is 0 Å². The Hall–Kier alpha value is -3.67. The molecule has 0 saturated carbocycles. The minimum absolute atomic E-state index is 0.104. The molecule has 0 N–H and O–H groups in total. The van der Waals surface area contributed by atoms with Crippen LogP contribution in [0.2, 0.25) is 0 Å². The van der Waals surface area contributed by atoms with Gasteiger partial charge in [0, 0.05) is 19.3 Å². The van der Waals surface area contributed by atoms with Crippen molar-refractivity contribution < 1.29 is 28.6 Å². The van der Waals surface area contributed by atoms with Crippen molar-refractivity contribution in [3.8, 4) is 0 Å². The molecule has 0 amide bonds. The lowest BCUT2D eigenvalue weighted by Crippen LogP contribution is -2.30. The van der Waals surface area contributed by atoms with Gasteiger partial charge in [0.1, 0.15) is 13.2 Å². The molecule has 0 fully saturated rings. The summed E-state index contributed by atoms with van der Waals surface area (Å²) in [6.45, 7) is 6.33. The SMILES string of the molecule is CC\C=C/C=C\C=C/CCCCCCCCCC(=O)OC(COC(=O)CCCCC/C=C\C=C/CCCCCCCCC)COC(=O)CCCCCC/C=C\C/C=C\C/C=C\CC. The Morgan fingerprint density at radius 2 is 0.698 bits per heavy atom. The smallest absolute Gasteiger partial charge is 0.306 e. The number of ether oxygens (including phenoxy) is 3. The highest BCUT2D eigenvalue weighted by Gasteiger charge is 2.19. The van der Waals surface area contributed by atoms with E-state index in [0.717, 1.165) is 122 Å². The van der Waals surface area contributed by atoms with Crippen LogP contribution in [0.4, 0.5) is 0 Å². The zero-order valence-electron chi connectivity index (χ0n) is 40.8. The maximum Gasteiger partial charge on any atom is 0.306 e. The van der Waals surface area contributed by atoms with Crippen LogP contribution in [0.5, 0.6) is 0 Å². The molecule has 63 heavy (non-hydrogen) atoms. The third-order valence-corrected chi connectivity index (χ3v) is 10.6. The van der Waals surface area contributed by atoms with Crippen molar-refractivity contribution in [2.75, 3.05) is 13.2 Å². The summed E-state index contributed by atoms with van der Waals surface area (Å²) >= 11 is 0. The van der Waals surface area contributed by atoms with Gasteiger partial charge in [-0.1, -0.05) is 208 Å². The van der Waals surface area contributed by atoms with Crippen LogP contribution in [0.3, 0.4) is 0 Å². The van der Waals surface area contributed by atoms with E-state index in [1.54, 1.807) is 0 Å². The molecule has 6 nitrogen and oxygen atoms in total. The van der Waals surface area contributed by atoms with E-state index >= 15 is 0 Å². The normalized spacial score (nSPS) is 12.9. The highest BCUT2D eigenvalue weighted by atomic mass is 16.6. The van der Waals surface area contributed by atoms with E-state index in [2.05, 4.69) is 118 Å². The third kappa shape index (κ3) is 49.2. The van der Waals surface area contributed by atoms with Gasteiger partial charge in [0.15, 0.2) is 6.10 Å². The summed E-state index contributed by atoms with van der Waals surface area (Å²) in [6, 6.07) is 0. The molecular formula is C57H94O6. The van der Waals surface area contributed by atoms with Crippen molar-refractivity contribution in [1.29, 1.82) is 0 Å². The number of esters is 3. The highest BCUT2D eigenvalue weighted by Crippen LogP contribution is 2.13. The largest absolute Gasteiger partial charge is 0.462 e. The van der Waals surface area contributed by atoms with Gasteiger partial charge in [-0.15, -0.1) is 0 Å². The zero-order chi connectivity index (χ0) is 45.8. The van der Waals surface area contributed by atoms with E-state index in [0.29, 0.717) is 19.3 Å². The average Bonchev–Trinajstić information content (AvgIpc) is 3.28. The summed E-state index contributed by atoms with van der Waals surface area (Å²) in [7, 11) is 0. The van der Waals surface area contributed by atoms with Crippen LogP contribution >= 0.6 is 0 Å². The summed E-state index contributed by atoms with van der Waals surface area (Å²) in [6.07, 6.45) is 66.7. The van der Waals surface area contributed by atoms with Crippen molar-refractivity contribution in [3.63, 3.8) is 0 Å². The van der Waals surface area contributed by atoms with Crippen LogP contribution in [0.15, 0.2) is 97.2 Å². The molecule has 0 aromatic heterocycles. The van der Waals surface area contributed by atoms with Crippen molar-refractivity contribution in [2.24, 2.45) is 0 Å². The number of allylic oxidation sites excluding steroid dienone is 16. The van der Waals surface area contributed by atoms with Gasteiger partial charge >= 0.3 is 17.9 Å². The van der Waals surface area contributed by atoms with Crippen molar-refractivity contribution in [3.05, 3.63) is 97.2 Å². The number of hydrogen-bond donors (Lipinski definition) is 0. The maximum absolute atomic E-state index is 12.8. The first-order valence-electron chi connectivity index (χ1n) is 25.8. The van der Waals surface area contributed by atoms with Gasteiger partial charge in [-0.2, -0.15) is 0 Å². The standard InChI is InChI=1S/C57H94O6/c1-4-7-10-13-16-19-22-25-28-30-32-35-38-41-44-47-50-56(59)62-53-54(52-61-55(58)49-46-43-40-37-34-31-27-24-21-18-15-12-9-6-3)63-57(60)51-48-45-42-39-36-33-29-26-23-20-17-14-11-8-5-2/h8-9,11-12,14,17-18,20-21,23,27-28,30-32,35,54H,4-7,10,13,15-16,19,22,24-26,29,33-34,36-53H2,1-3H3/b11-8-,12-9-,17-14-,21-18-,23-20-,30-28-,31-27-,35-32-. The summed E-state index contributed by atoms with van der Waals surface area (Å²) in [4.78, 5) is 38.0. The zero-order valence-corrected chi connectivity index (χ0v) is 40.8. The van der Waals surface area contributed by atoms with E-state index in [9.17, 15) is 14.4 Å². The van der Waals surface area contributed by atoms with Crippen molar-refractivity contribution in [2.45, 2.75) is 232 Å². The van der Waals surface area contributed by atoms with Gasteiger partial charge in [0.2, 0.25) is 0 Å². The predicted octanol–water partition coefficient (Wildman–Crippen LogP) is 17.0. The van der Waals surface area contributed by atoms with Gasteiger partial charge in [-0.25, -0.2) is 0 Å². The topological polar surface area (TPSA) is 78.9 Å². The molecular weight excluding hydrogens is 781 g/mol. The molecule has 6 heteroatoms. The minimum atomic E-state index is -0.804. The van der Waals surface area contributed by atoms with Crippen LogP contribution in [0.1, 0.15) is 226 Å². The van der Waals surface area contributed by atoms with Crippen LogP contribution in [-0.2, 0) is 28.6 Å². The first kappa shape index (κ1) is 59.3. The van der Waals surface area contributed by atoms with Crippen LogP contribution in [-0.4, -0.2) is 37.2 Å². The predicted molar refractivity (Wildman–Crippen MR) is 270 cm³/mol. The second-order valence-electron chi connectivity index (χ2n) is 16.8. The lowest BCUT2D eigenvalue weighted by atomic mass is 10.1. The molecule has 0 aromatic carbocycles. The van der Waals surface area contributed by atoms with Gasteiger partial charge in [0.05, 0.1) is 0 Å². The molecule has 0 aromatic rings. The molecule has 0 spiro atoms. The summed E-state index contributed by atoms with van der Waals surface area (Å²) in [5, 5.41) is 0. The second kappa shape index (κ2) is 51.0. The van der Waals surface area contributed by atoms with Gasteiger partial charge in [-0.3, -0.25) is 14.4 Å². The minimum Gasteiger partial charge on any atom is -0.462 e. The molecule has 0 radical (unpaired) electrons. The van der Waals surface area contributed by atoms with E-state index in [4.69, 9.17) is 14.2 Å². The molecule has 0 aliphatic heterocycles.